The fourth-order valence-corrected chi connectivity index (χ4v) is 4.27. The van der Waals surface area contributed by atoms with Crippen molar-refractivity contribution in [3.8, 4) is 5.75 Å². The maximum Gasteiger partial charge on any atom is 0.547 e. The number of carbonyl (C=O) groups is 2. The summed E-state index contributed by atoms with van der Waals surface area (Å²) < 4.78 is 5.64. The molecule has 2 aliphatic rings. The number of hydrogen-bond acceptors (Lipinski definition) is 4. The first-order valence-corrected chi connectivity index (χ1v) is 10.5. The van der Waals surface area contributed by atoms with E-state index in [0.717, 1.165) is 49.0 Å². The number of carbonyl (C=O) groups excluding carboxylic acids is 2. The van der Waals surface area contributed by atoms with Crippen molar-refractivity contribution in [2.45, 2.75) is 77.2 Å². The van der Waals surface area contributed by atoms with Crippen LogP contribution < -0.4 is 15.3 Å². The molecule has 1 aromatic rings. The van der Waals surface area contributed by atoms with Crippen LogP contribution in [-0.2, 0) is 16.0 Å². The molecule has 1 aliphatic carbocycles. The lowest BCUT2D eigenvalue weighted by Gasteiger charge is -2.31. The third-order valence-electron chi connectivity index (χ3n) is 5.83. The van der Waals surface area contributed by atoms with Crippen molar-refractivity contribution < 1.29 is 19.3 Å². The van der Waals surface area contributed by atoms with Crippen molar-refractivity contribution in [2.24, 2.45) is 5.92 Å². The van der Waals surface area contributed by atoms with Crippen molar-refractivity contribution in [1.29, 1.82) is 0 Å². The zero-order valence-corrected chi connectivity index (χ0v) is 16.9. The van der Waals surface area contributed by atoms with Gasteiger partial charge in [0.15, 0.2) is 0 Å². The van der Waals surface area contributed by atoms with Crippen molar-refractivity contribution in [1.82, 2.24) is 10.6 Å². The van der Waals surface area contributed by atoms with Crippen LogP contribution in [0.2, 0.25) is 0 Å². The van der Waals surface area contributed by atoms with Gasteiger partial charge in [-0.15, -0.1) is 0 Å². The minimum Gasteiger partial charge on any atom is -0.534 e. The van der Waals surface area contributed by atoms with E-state index in [2.05, 4.69) is 10.6 Å². The minimum absolute atomic E-state index is 0.0396. The van der Waals surface area contributed by atoms with Crippen LogP contribution >= 0.6 is 0 Å². The second kappa shape index (κ2) is 9.46. The minimum atomic E-state index is -1.03. The first-order valence-electron chi connectivity index (χ1n) is 10.5. The van der Waals surface area contributed by atoms with Crippen molar-refractivity contribution in [2.75, 3.05) is 0 Å². The predicted molar refractivity (Wildman–Crippen MR) is 109 cm³/mol. The standard InChI is InChI=1S/C21H31BN2O4/c1-3-5-19(25)23-17-10-8-15(9-11-17)12-20(26)24-18-13-16-7-4-6-14(2)21(16)28-22(18)27/h4,6-7,15,17-18,27H,3,5,8-13H2,1-2H3,(H,23,25)(H,24,26)/t15?,17?,18-/m0/s1. The summed E-state index contributed by atoms with van der Waals surface area (Å²) in [5, 5.41) is 16.3. The zero-order chi connectivity index (χ0) is 20.1. The summed E-state index contributed by atoms with van der Waals surface area (Å²) in [6, 6.07) is 6.13. The highest BCUT2D eigenvalue weighted by Gasteiger charge is 2.36. The molecule has 0 aromatic heterocycles. The third kappa shape index (κ3) is 5.28. The highest BCUT2D eigenvalue weighted by Crippen LogP contribution is 2.30. The van der Waals surface area contributed by atoms with Crippen LogP contribution in [0.25, 0.3) is 0 Å². The maximum atomic E-state index is 12.5. The zero-order valence-electron chi connectivity index (χ0n) is 16.9. The van der Waals surface area contributed by atoms with Gasteiger partial charge in [-0.1, -0.05) is 25.1 Å². The molecular formula is C21H31BN2O4. The summed E-state index contributed by atoms with van der Waals surface area (Å²) in [4.78, 5) is 24.2. The van der Waals surface area contributed by atoms with E-state index in [1.807, 2.05) is 32.0 Å². The van der Waals surface area contributed by atoms with Crippen molar-refractivity contribution >= 4 is 18.9 Å². The largest absolute Gasteiger partial charge is 0.547 e. The Kier molecular flexibility index (Phi) is 7.00. The number of aryl methyl sites for hydroxylation is 1. The van der Waals surface area contributed by atoms with Crippen LogP contribution in [0.4, 0.5) is 0 Å². The van der Waals surface area contributed by atoms with E-state index in [-0.39, 0.29) is 17.9 Å². The average Bonchev–Trinajstić information content (AvgIpc) is 2.65. The molecule has 6 nitrogen and oxygen atoms in total. The monoisotopic (exact) mass is 386 g/mol. The number of fused-ring (bicyclic) bond motifs is 1. The molecule has 0 spiro atoms. The van der Waals surface area contributed by atoms with Gasteiger partial charge in [-0.2, -0.15) is 0 Å². The summed E-state index contributed by atoms with van der Waals surface area (Å²) in [6.07, 6.45) is 6.20. The highest BCUT2D eigenvalue weighted by molar-refractivity contribution is 6.46. The summed E-state index contributed by atoms with van der Waals surface area (Å²) >= 11 is 0. The lowest BCUT2D eigenvalue weighted by molar-refractivity contribution is -0.124. The van der Waals surface area contributed by atoms with Crippen LogP contribution in [0.15, 0.2) is 18.2 Å². The molecule has 1 heterocycles. The van der Waals surface area contributed by atoms with E-state index in [4.69, 9.17) is 4.65 Å². The van der Waals surface area contributed by atoms with Gasteiger partial charge >= 0.3 is 7.12 Å². The molecule has 0 bridgehead atoms. The molecule has 1 atom stereocenters. The van der Waals surface area contributed by atoms with Crippen molar-refractivity contribution in [3.05, 3.63) is 29.3 Å². The summed E-state index contributed by atoms with van der Waals surface area (Å²) in [6.45, 7) is 3.95. The Balaban J connectivity index is 1.44. The number of rotatable bonds is 6. The lowest BCUT2D eigenvalue weighted by Crippen LogP contribution is -2.53. The van der Waals surface area contributed by atoms with Gasteiger partial charge in [-0.25, -0.2) is 0 Å². The molecule has 0 saturated heterocycles. The highest BCUT2D eigenvalue weighted by atomic mass is 16.5. The summed E-state index contributed by atoms with van der Waals surface area (Å²) in [5.74, 6) is 0.721. The second-order valence-corrected chi connectivity index (χ2v) is 8.19. The Morgan fingerprint density at radius 1 is 1.18 bits per heavy atom. The van der Waals surface area contributed by atoms with E-state index < -0.39 is 13.1 Å². The fourth-order valence-electron chi connectivity index (χ4n) is 4.27. The van der Waals surface area contributed by atoms with Gasteiger partial charge in [-0.05, 0) is 62.5 Å². The van der Waals surface area contributed by atoms with Gasteiger partial charge in [0.25, 0.3) is 0 Å². The van der Waals surface area contributed by atoms with Crippen LogP contribution in [-0.4, -0.2) is 35.9 Å². The van der Waals surface area contributed by atoms with E-state index in [0.29, 0.717) is 25.2 Å². The number of amides is 2. The summed E-state index contributed by atoms with van der Waals surface area (Å²) in [5.41, 5.74) is 2.00. The Bertz CT molecular complexity index is 704. The average molecular weight is 386 g/mol. The SMILES string of the molecule is CCCC(=O)NC1CCC(CC(=O)N[C@H]2Cc3cccc(C)c3OB2O)CC1. The number of hydrogen-bond donors (Lipinski definition) is 3. The number of nitrogens with one attached hydrogen (secondary N) is 2. The van der Waals surface area contributed by atoms with Gasteiger partial charge in [0.05, 0.1) is 5.94 Å². The molecule has 2 amide bonds. The van der Waals surface area contributed by atoms with Gasteiger partial charge in [0.1, 0.15) is 5.75 Å². The van der Waals surface area contributed by atoms with Gasteiger partial charge in [0.2, 0.25) is 11.8 Å². The number of para-hydroxylation sites is 1. The van der Waals surface area contributed by atoms with E-state index in [1.165, 1.54) is 0 Å². The van der Waals surface area contributed by atoms with Gasteiger partial charge in [-0.3, -0.25) is 9.59 Å². The quantitative estimate of drug-likeness (QED) is 0.655. The van der Waals surface area contributed by atoms with Crippen LogP contribution in [0.1, 0.15) is 63.0 Å². The maximum absolute atomic E-state index is 12.5. The summed E-state index contributed by atoms with van der Waals surface area (Å²) in [7, 11) is -1.03. The predicted octanol–water partition coefficient (Wildman–Crippen LogP) is 2.30. The first kappa shape index (κ1) is 20.7. The molecule has 0 unspecified atom stereocenters. The Labute approximate surface area is 167 Å². The smallest absolute Gasteiger partial charge is 0.534 e. The molecule has 7 heteroatoms. The van der Waals surface area contributed by atoms with Gasteiger partial charge in [0, 0.05) is 18.9 Å². The molecule has 152 valence electrons. The molecule has 1 saturated carbocycles. The Morgan fingerprint density at radius 3 is 2.64 bits per heavy atom. The van der Waals surface area contributed by atoms with E-state index in [1.54, 1.807) is 0 Å². The van der Waals surface area contributed by atoms with Crippen LogP contribution in [0.5, 0.6) is 5.75 Å². The lowest BCUT2D eigenvalue weighted by atomic mass is 9.72. The van der Waals surface area contributed by atoms with Crippen molar-refractivity contribution in [3.63, 3.8) is 0 Å². The molecule has 0 radical (unpaired) electrons. The topological polar surface area (TPSA) is 87.7 Å². The third-order valence-corrected chi connectivity index (χ3v) is 5.83. The molecule has 3 rings (SSSR count). The fraction of sp³-hybridized carbons (Fsp3) is 0.619. The van der Waals surface area contributed by atoms with Crippen LogP contribution in [0.3, 0.4) is 0 Å². The molecular weight excluding hydrogens is 355 g/mol. The Morgan fingerprint density at radius 2 is 1.93 bits per heavy atom. The molecule has 28 heavy (non-hydrogen) atoms. The molecule has 1 aliphatic heterocycles. The van der Waals surface area contributed by atoms with E-state index in [9.17, 15) is 14.6 Å². The second-order valence-electron chi connectivity index (χ2n) is 8.19. The van der Waals surface area contributed by atoms with Gasteiger partial charge < -0.3 is 20.3 Å². The Hall–Kier alpha value is -2.02. The molecule has 1 fully saturated rings. The molecule has 1 aromatic carbocycles. The first-order chi connectivity index (χ1) is 13.5. The normalized spacial score (nSPS) is 24.1. The van der Waals surface area contributed by atoms with E-state index >= 15 is 0 Å². The number of benzene rings is 1. The molecule has 3 N–H and O–H groups in total. The van der Waals surface area contributed by atoms with Crippen LogP contribution in [0, 0.1) is 12.8 Å².